The van der Waals surface area contributed by atoms with Gasteiger partial charge in [-0.25, -0.2) is 4.98 Å². The van der Waals surface area contributed by atoms with Crippen molar-refractivity contribution < 1.29 is 4.79 Å². The Balaban J connectivity index is 1.28. The third kappa shape index (κ3) is 3.74. The van der Waals surface area contributed by atoms with Crippen molar-refractivity contribution in [1.29, 1.82) is 0 Å². The van der Waals surface area contributed by atoms with Gasteiger partial charge in [-0.15, -0.1) is 21.5 Å². The topological polar surface area (TPSA) is 105 Å². The molecule has 5 rings (SSSR count). The van der Waals surface area contributed by atoms with Crippen LogP contribution in [0.1, 0.15) is 54.8 Å². The highest BCUT2D eigenvalue weighted by molar-refractivity contribution is 7.18. The number of aromatic amines is 1. The predicted octanol–water partition coefficient (Wildman–Crippen LogP) is 2.96. The summed E-state index contributed by atoms with van der Waals surface area (Å²) in [5, 5.41) is 12.0. The number of thiophene rings is 1. The summed E-state index contributed by atoms with van der Waals surface area (Å²) in [5.41, 5.74) is 1.82. The van der Waals surface area contributed by atoms with E-state index in [1.54, 1.807) is 11.3 Å². The van der Waals surface area contributed by atoms with Crippen LogP contribution in [-0.2, 0) is 24.1 Å². The molecule has 160 valence electrons. The van der Waals surface area contributed by atoms with E-state index < -0.39 is 0 Å². The fourth-order valence-corrected chi connectivity index (χ4v) is 5.68. The van der Waals surface area contributed by atoms with Crippen LogP contribution in [0.4, 0.5) is 0 Å². The molecule has 1 amide bonds. The van der Waals surface area contributed by atoms with Gasteiger partial charge in [0.25, 0.3) is 5.56 Å². The van der Waals surface area contributed by atoms with Gasteiger partial charge in [-0.2, -0.15) is 0 Å². The van der Waals surface area contributed by atoms with Crippen LogP contribution in [-0.4, -0.2) is 30.5 Å². The number of hydrogen-bond donors (Lipinski definition) is 2. The maximum absolute atomic E-state index is 12.7. The smallest absolute Gasteiger partial charge is 0.259 e. The Morgan fingerprint density at radius 1 is 1.39 bits per heavy atom. The first-order valence-electron chi connectivity index (χ1n) is 10.6. The van der Waals surface area contributed by atoms with E-state index in [0.717, 1.165) is 35.1 Å². The molecule has 4 heterocycles. The predicted molar refractivity (Wildman–Crippen MR) is 119 cm³/mol. The highest BCUT2D eigenvalue weighted by Gasteiger charge is 2.23. The molecule has 1 aliphatic carbocycles. The fraction of sp³-hybridized carbons (Fsp3) is 0.409. The first-order chi connectivity index (χ1) is 15.0. The number of aromatic nitrogens is 5. The number of rotatable bonds is 5. The highest BCUT2D eigenvalue weighted by Crippen LogP contribution is 2.35. The quantitative estimate of drug-likeness (QED) is 0.500. The van der Waals surface area contributed by atoms with Crippen LogP contribution in [0.5, 0.6) is 0 Å². The van der Waals surface area contributed by atoms with Crippen LogP contribution in [0.2, 0.25) is 0 Å². The minimum Gasteiger partial charge on any atom is -0.346 e. The molecular weight excluding hydrogens is 412 g/mol. The number of fused-ring (bicyclic) bond motifs is 4. The molecule has 0 saturated carbocycles. The van der Waals surface area contributed by atoms with E-state index in [2.05, 4.69) is 32.4 Å². The standard InChI is InChI=1S/C22H24N6O2S/c1-12-6-7-14-15(11-12)31-22-19(14)21(30)24-16(25-22)8-9-18(29)23-13(2)20-27-26-17-5-3-4-10-28(17)20/h3-5,10,12-13H,6-9,11H2,1-2H3,(H,23,29)(H,24,25,30). The first-order valence-corrected chi connectivity index (χ1v) is 11.4. The maximum Gasteiger partial charge on any atom is 0.259 e. The molecule has 1 aliphatic rings. The molecule has 31 heavy (non-hydrogen) atoms. The summed E-state index contributed by atoms with van der Waals surface area (Å²) < 4.78 is 1.86. The number of amides is 1. The van der Waals surface area contributed by atoms with Crippen LogP contribution in [0, 0.1) is 5.92 Å². The lowest BCUT2D eigenvalue weighted by Gasteiger charge is -2.17. The van der Waals surface area contributed by atoms with E-state index in [1.165, 1.54) is 10.4 Å². The number of nitrogens with zero attached hydrogens (tertiary/aromatic N) is 4. The molecule has 4 aromatic heterocycles. The van der Waals surface area contributed by atoms with Gasteiger partial charge in [-0.3, -0.25) is 14.0 Å². The number of nitrogens with one attached hydrogen (secondary N) is 2. The summed E-state index contributed by atoms with van der Waals surface area (Å²) in [6.45, 7) is 4.13. The summed E-state index contributed by atoms with van der Waals surface area (Å²) in [6.07, 6.45) is 5.56. The van der Waals surface area contributed by atoms with Crippen LogP contribution in [0.25, 0.3) is 15.9 Å². The molecule has 8 nitrogen and oxygen atoms in total. The van der Waals surface area contributed by atoms with Crippen molar-refractivity contribution in [2.24, 2.45) is 5.92 Å². The van der Waals surface area contributed by atoms with Gasteiger partial charge in [-0.1, -0.05) is 13.0 Å². The summed E-state index contributed by atoms with van der Waals surface area (Å²) in [7, 11) is 0. The van der Waals surface area contributed by atoms with Crippen LogP contribution in [0.3, 0.4) is 0 Å². The van der Waals surface area contributed by atoms with Crippen molar-refractivity contribution in [3.63, 3.8) is 0 Å². The molecule has 0 aliphatic heterocycles. The highest BCUT2D eigenvalue weighted by atomic mass is 32.1. The second-order valence-electron chi connectivity index (χ2n) is 8.32. The minimum atomic E-state index is -0.287. The van der Waals surface area contributed by atoms with Crippen LogP contribution in [0.15, 0.2) is 29.2 Å². The van der Waals surface area contributed by atoms with E-state index in [4.69, 9.17) is 0 Å². The van der Waals surface area contributed by atoms with E-state index in [0.29, 0.717) is 24.0 Å². The summed E-state index contributed by atoms with van der Waals surface area (Å²) in [4.78, 5) is 34.9. The molecule has 2 N–H and O–H groups in total. The monoisotopic (exact) mass is 436 g/mol. The van der Waals surface area contributed by atoms with Gasteiger partial charge in [-0.05, 0) is 49.8 Å². The Bertz CT molecular complexity index is 1340. The second-order valence-corrected chi connectivity index (χ2v) is 9.40. The molecule has 2 atom stereocenters. The van der Waals surface area contributed by atoms with Gasteiger partial charge in [0.2, 0.25) is 5.91 Å². The van der Waals surface area contributed by atoms with Gasteiger partial charge < -0.3 is 10.3 Å². The van der Waals surface area contributed by atoms with E-state index in [-0.39, 0.29) is 23.9 Å². The Labute approximate surface area is 182 Å². The Kier molecular flexibility index (Phi) is 5.05. The molecule has 0 spiro atoms. The van der Waals surface area contributed by atoms with Gasteiger partial charge >= 0.3 is 0 Å². The Hall–Kier alpha value is -3.07. The maximum atomic E-state index is 12.7. The van der Waals surface area contributed by atoms with Crippen molar-refractivity contribution in [2.45, 2.75) is 52.0 Å². The molecule has 4 aromatic rings. The third-order valence-electron chi connectivity index (χ3n) is 5.91. The van der Waals surface area contributed by atoms with Crippen molar-refractivity contribution >= 4 is 33.1 Å². The van der Waals surface area contributed by atoms with Crippen LogP contribution < -0.4 is 10.9 Å². The van der Waals surface area contributed by atoms with Gasteiger partial charge in [0.1, 0.15) is 10.7 Å². The van der Waals surface area contributed by atoms with E-state index in [1.807, 2.05) is 35.7 Å². The summed E-state index contributed by atoms with van der Waals surface area (Å²) in [5.74, 6) is 1.75. The minimum absolute atomic E-state index is 0.0873. The van der Waals surface area contributed by atoms with Crippen molar-refractivity contribution in [2.75, 3.05) is 0 Å². The SMILES string of the molecule is CC1CCc2c(sc3nc(CCC(=O)NC(C)c4nnc5ccccn45)[nH]c(=O)c23)C1. The summed E-state index contributed by atoms with van der Waals surface area (Å²) in [6, 6.07) is 5.37. The molecule has 0 bridgehead atoms. The van der Waals surface area contributed by atoms with Crippen molar-refractivity contribution in [1.82, 2.24) is 29.9 Å². The largest absolute Gasteiger partial charge is 0.346 e. The number of carbonyl (C=O) groups excluding carboxylic acids is 1. The lowest BCUT2D eigenvalue weighted by atomic mass is 9.89. The van der Waals surface area contributed by atoms with Gasteiger partial charge in [0.05, 0.1) is 11.4 Å². The fourth-order valence-electron chi connectivity index (χ4n) is 4.28. The molecule has 0 aromatic carbocycles. The number of pyridine rings is 1. The lowest BCUT2D eigenvalue weighted by Crippen LogP contribution is -2.28. The molecule has 0 saturated heterocycles. The molecular formula is C22H24N6O2S. The Morgan fingerprint density at radius 3 is 3.13 bits per heavy atom. The zero-order valence-corrected chi connectivity index (χ0v) is 18.3. The molecule has 9 heteroatoms. The average Bonchev–Trinajstić information content (AvgIpc) is 3.33. The lowest BCUT2D eigenvalue weighted by molar-refractivity contribution is -0.121. The first kappa shape index (κ1) is 19.9. The Morgan fingerprint density at radius 2 is 2.26 bits per heavy atom. The third-order valence-corrected chi connectivity index (χ3v) is 7.06. The number of carbonyl (C=O) groups is 1. The number of hydrogen-bond acceptors (Lipinski definition) is 6. The van der Waals surface area contributed by atoms with Crippen molar-refractivity contribution in [3.05, 3.63) is 56.8 Å². The van der Waals surface area contributed by atoms with Gasteiger partial charge in [0, 0.05) is 23.9 Å². The number of H-pyrrole nitrogens is 1. The molecule has 2 unspecified atom stereocenters. The van der Waals surface area contributed by atoms with Crippen molar-refractivity contribution in [3.8, 4) is 0 Å². The summed E-state index contributed by atoms with van der Waals surface area (Å²) >= 11 is 1.63. The van der Waals surface area contributed by atoms with Gasteiger partial charge in [0.15, 0.2) is 11.5 Å². The second kappa shape index (κ2) is 7.88. The average molecular weight is 437 g/mol. The zero-order chi connectivity index (χ0) is 21.5. The molecule has 0 fully saturated rings. The number of aryl methyl sites for hydroxylation is 2. The normalized spacial score (nSPS) is 17.0. The zero-order valence-electron chi connectivity index (χ0n) is 17.5. The van der Waals surface area contributed by atoms with E-state index in [9.17, 15) is 9.59 Å². The van der Waals surface area contributed by atoms with Crippen LogP contribution >= 0.6 is 11.3 Å². The van der Waals surface area contributed by atoms with E-state index >= 15 is 0 Å². The molecule has 0 radical (unpaired) electrons.